The Bertz CT molecular complexity index is 82.2. The molecule has 82 valence electrons. The van der Waals surface area contributed by atoms with Gasteiger partial charge in [0.15, 0.2) is 0 Å². The molecule has 2 atom stereocenters. The minimum atomic E-state index is -0.273. The van der Waals surface area contributed by atoms with E-state index in [4.69, 9.17) is 9.84 Å². The van der Waals surface area contributed by atoms with Gasteiger partial charge in [0.2, 0.25) is 0 Å². The van der Waals surface area contributed by atoms with Crippen molar-refractivity contribution in [2.24, 2.45) is 0 Å². The summed E-state index contributed by atoms with van der Waals surface area (Å²) >= 11 is 0. The van der Waals surface area contributed by atoms with E-state index in [9.17, 15) is 0 Å². The van der Waals surface area contributed by atoms with Crippen molar-refractivity contribution in [2.45, 2.75) is 45.8 Å². The zero-order valence-electron chi connectivity index (χ0n) is 9.54. The van der Waals surface area contributed by atoms with Crippen molar-refractivity contribution < 1.29 is 14.6 Å². The SMILES string of the molecule is CCC(C)OC.CCC(O)COC. The van der Waals surface area contributed by atoms with Gasteiger partial charge in [0, 0.05) is 14.2 Å². The molecule has 0 radical (unpaired) electrons. The van der Waals surface area contributed by atoms with Crippen LogP contribution in [0.4, 0.5) is 0 Å². The number of rotatable bonds is 5. The van der Waals surface area contributed by atoms with Crippen LogP contribution in [0.1, 0.15) is 33.6 Å². The fourth-order valence-electron chi connectivity index (χ4n) is 0.477. The van der Waals surface area contributed by atoms with Gasteiger partial charge in [-0.2, -0.15) is 0 Å². The molecule has 0 aromatic rings. The molecular weight excluding hydrogens is 168 g/mol. The summed E-state index contributed by atoms with van der Waals surface area (Å²) in [6, 6.07) is 0. The first-order valence-electron chi connectivity index (χ1n) is 4.82. The standard InChI is InChI=1S/C5H12O2.C5H12O/c1-3-5(6)4-7-2;1-4-5(2)6-3/h5-6H,3-4H2,1-2H3;5H,4H2,1-3H3. The molecule has 0 aliphatic rings. The van der Waals surface area contributed by atoms with Crippen molar-refractivity contribution >= 4 is 0 Å². The highest BCUT2D eigenvalue weighted by Crippen LogP contribution is 1.90. The molecule has 0 amide bonds. The van der Waals surface area contributed by atoms with E-state index >= 15 is 0 Å². The monoisotopic (exact) mass is 192 g/mol. The van der Waals surface area contributed by atoms with Crippen molar-refractivity contribution in [3.8, 4) is 0 Å². The zero-order valence-corrected chi connectivity index (χ0v) is 9.54. The zero-order chi connectivity index (χ0) is 10.7. The molecule has 0 aliphatic heterocycles. The largest absolute Gasteiger partial charge is 0.391 e. The summed E-state index contributed by atoms with van der Waals surface area (Å²) in [6.45, 7) is 6.54. The minimum absolute atomic E-state index is 0.273. The second kappa shape index (κ2) is 11.9. The van der Waals surface area contributed by atoms with Crippen LogP contribution in [0.15, 0.2) is 0 Å². The Labute approximate surface area is 82.1 Å². The van der Waals surface area contributed by atoms with Crippen molar-refractivity contribution in [1.82, 2.24) is 0 Å². The Balaban J connectivity index is 0. The van der Waals surface area contributed by atoms with Gasteiger partial charge >= 0.3 is 0 Å². The van der Waals surface area contributed by atoms with Crippen molar-refractivity contribution in [3.63, 3.8) is 0 Å². The molecule has 1 N–H and O–H groups in total. The Morgan fingerprint density at radius 3 is 1.77 bits per heavy atom. The van der Waals surface area contributed by atoms with Gasteiger partial charge < -0.3 is 14.6 Å². The number of aliphatic hydroxyl groups excluding tert-OH is 1. The molecular formula is C10H24O3. The van der Waals surface area contributed by atoms with Gasteiger partial charge in [0.05, 0.1) is 18.8 Å². The maximum absolute atomic E-state index is 8.73. The Morgan fingerprint density at radius 2 is 1.69 bits per heavy atom. The molecule has 0 heterocycles. The topological polar surface area (TPSA) is 38.7 Å². The van der Waals surface area contributed by atoms with Gasteiger partial charge in [0.25, 0.3) is 0 Å². The third kappa shape index (κ3) is 14.7. The Hall–Kier alpha value is -0.120. The lowest BCUT2D eigenvalue weighted by Gasteiger charge is -2.02. The molecule has 0 fully saturated rings. The van der Waals surface area contributed by atoms with Crippen LogP contribution in [0.25, 0.3) is 0 Å². The molecule has 0 saturated carbocycles. The van der Waals surface area contributed by atoms with Crippen LogP contribution < -0.4 is 0 Å². The lowest BCUT2D eigenvalue weighted by atomic mass is 10.3. The van der Waals surface area contributed by atoms with Gasteiger partial charge in [-0.1, -0.05) is 13.8 Å². The molecule has 0 bridgehead atoms. The molecule has 0 aliphatic carbocycles. The Morgan fingerprint density at radius 1 is 1.15 bits per heavy atom. The van der Waals surface area contributed by atoms with E-state index in [-0.39, 0.29) is 6.10 Å². The van der Waals surface area contributed by atoms with E-state index in [0.717, 1.165) is 12.8 Å². The average Bonchev–Trinajstić information content (AvgIpc) is 2.18. The molecule has 0 rings (SSSR count). The summed E-state index contributed by atoms with van der Waals surface area (Å²) in [5.74, 6) is 0. The molecule has 13 heavy (non-hydrogen) atoms. The van der Waals surface area contributed by atoms with Gasteiger partial charge in [-0.25, -0.2) is 0 Å². The fourth-order valence-corrected chi connectivity index (χ4v) is 0.477. The van der Waals surface area contributed by atoms with Gasteiger partial charge in [-0.3, -0.25) is 0 Å². The van der Waals surface area contributed by atoms with Crippen LogP contribution in [0.3, 0.4) is 0 Å². The van der Waals surface area contributed by atoms with Crippen LogP contribution in [-0.2, 0) is 9.47 Å². The molecule has 3 nitrogen and oxygen atoms in total. The van der Waals surface area contributed by atoms with E-state index in [2.05, 4.69) is 18.6 Å². The highest BCUT2D eigenvalue weighted by molar-refractivity contribution is 4.45. The van der Waals surface area contributed by atoms with Gasteiger partial charge in [-0.05, 0) is 19.8 Å². The van der Waals surface area contributed by atoms with Crippen LogP contribution >= 0.6 is 0 Å². The highest BCUT2D eigenvalue weighted by atomic mass is 16.5. The van der Waals surface area contributed by atoms with Gasteiger partial charge in [-0.15, -0.1) is 0 Å². The molecule has 2 unspecified atom stereocenters. The summed E-state index contributed by atoms with van der Waals surface area (Å²) in [7, 11) is 3.31. The fraction of sp³-hybridized carbons (Fsp3) is 1.00. The number of hydrogen-bond donors (Lipinski definition) is 1. The Kier molecular flexibility index (Phi) is 14.0. The first-order chi connectivity index (χ1) is 6.12. The molecule has 0 saturated heterocycles. The van der Waals surface area contributed by atoms with Crippen molar-refractivity contribution in [3.05, 3.63) is 0 Å². The third-order valence-corrected chi connectivity index (χ3v) is 1.81. The van der Waals surface area contributed by atoms with E-state index in [0.29, 0.717) is 12.7 Å². The third-order valence-electron chi connectivity index (χ3n) is 1.81. The van der Waals surface area contributed by atoms with Crippen molar-refractivity contribution in [1.29, 1.82) is 0 Å². The van der Waals surface area contributed by atoms with Crippen molar-refractivity contribution in [2.75, 3.05) is 20.8 Å². The lowest BCUT2D eigenvalue weighted by molar-refractivity contribution is 0.0625. The smallest absolute Gasteiger partial charge is 0.0770 e. The first-order valence-corrected chi connectivity index (χ1v) is 4.82. The molecule has 0 aromatic carbocycles. The predicted molar refractivity (Wildman–Crippen MR) is 54.9 cm³/mol. The van der Waals surface area contributed by atoms with E-state index < -0.39 is 0 Å². The number of hydrogen-bond acceptors (Lipinski definition) is 3. The number of ether oxygens (including phenoxy) is 2. The molecule has 3 heteroatoms. The normalized spacial score (nSPS) is 14.3. The first kappa shape index (κ1) is 15.4. The molecule has 0 aromatic heterocycles. The maximum atomic E-state index is 8.73. The quantitative estimate of drug-likeness (QED) is 0.722. The van der Waals surface area contributed by atoms with Crippen LogP contribution in [0.2, 0.25) is 0 Å². The second-order valence-corrected chi connectivity index (χ2v) is 2.97. The summed E-state index contributed by atoms with van der Waals surface area (Å²) in [4.78, 5) is 0. The van der Waals surface area contributed by atoms with Gasteiger partial charge in [0.1, 0.15) is 0 Å². The van der Waals surface area contributed by atoms with E-state index in [1.54, 1.807) is 14.2 Å². The summed E-state index contributed by atoms with van der Waals surface area (Å²) < 4.78 is 9.54. The predicted octanol–water partition coefficient (Wildman–Crippen LogP) is 1.83. The van der Waals surface area contributed by atoms with Crippen LogP contribution in [0, 0.1) is 0 Å². The van der Waals surface area contributed by atoms with Crippen LogP contribution in [0.5, 0.6) is 0 Å². The van der Waals surface area contributed by atoms with Crippen LogP contribution in [-0.4, -0.2) is 38.1 Å². The summed E-state index contributed by atoms with van der Waals surface area (Å²) in [5, 5.41) is 8.73. The molecule has 0 spiro atoms. The second-order valence-electron chi connectivity index (χ2n) is 2.97. The lowest BCUT2D eigenvalue weighted by Crippen LogP contribution is -2.11. The highest BCUT2D eigenvalue weighted by Gasteiger charge is 1.95. The summed E-state index contributed by atoms with van der Waals surface area (Å²) in [6.07, 6.45) is 2.04. The maximum Gasteiger partial charge on any atom is 0.0770 e. The number of aliphatic hydroxyl groups is 1. The minimum Gasteiger partial charge on any atom is -0.391 e. The van der Waals surface area contributed by atoms with E-state index in [1.807, 2.05) is 6.92 Å². The summed E-state index contributed by atoms with van der Waals surface area (Å²) in [5.41, 5.74) is 0. The van der Waals surface area contributed by atoms with E-state index in [1.165, 1.54) is 0 Å². The average molecular weight is 192 g/mol. The number of methoxy groups -OCH3 is 2.